The van der Waals surface area contributed by atoms with Crippen LogP contribution < -0.4 is 16.2 Å². The van der Waals surface area contributed by atoms with Crippen molar-refractivity contribution in [3.05, 3.63) is 34.2 Å². The number of amides is 2. The molecule has 1 saturated heterocycles. The van der Waals surface area contributed by atoms with Crippen LogP contribution in [0.2, 0.25) is 0 Å². The van der Waals surface area contributed by atoms with Gasteiger partial charge in [0, 0.05) is 37.8 Å². The zero-order chi connectivity index (χ0) is 12.4. The lowest BCUT2D eigenvalue weighted by Gasteiger charge is -2.10. The molecule has 0 aliphatic carbocycles. The Hall–Kier alpha value is -2.11. The molecule has 2 amide bonds. The average molecular weight is 235 g/mol. The van der Waals surface area contributed by atoms with E-state index in [0.717, 1.165) is 0 Å². The Kier molecular flexibility index (Phi) is 2.95. The third kappa shape index (κ3) is 2.52. The van der Waals surface area contributed by atoms with Crippen LogP contribution in [0.15, 0.2) is 23.1 Å². The highest BCUT2D eigenvalue weighted by Crippen LogP contribution is 2.01. The first kappa shape index (κ1) is 11.4. The predicted octanol–water partition coefficient (Wildman–Crippen LogP) is -0.996. The van der Waals surface area contributed by atoms with E-state index in [4.69, 9.17) is 0 Å². The van der Waals surface area contributed by atoms with Gasteiger partial charge in [-0.15, -0.1) is 0 Å². The smallest absolute Gasteiger partial charge is 0.251 e. The summed E-state index contributed by atoms with van der Waals surface area (Å²) in [6, 6.07) is 2.65. The molecule has 1 aromatic heterocycles. The second kappa shape index (κ2) is 4.40. The molecule has 1 fully saturated rings. The monoisotopic (exact) mass is 235 g/mol. The van der Waals surface area contributed by atoms with Crippen LogP contribution in [0.1, 0.15) is 16.8 Å². The van der Waals surface area contributed by atoms with E-state index in [1.807, 2.05) is 0 Å². The van der Waals surface area contributed by atoms with Crippen molar-refractivity contribution in [2.45, 2.75) is 12.5 Å². The summed E-state index contributed by atoms with van der Waals surface area (Å²) in [5, 5.41) is 5.33. The fourth-order valence-corrected chi connectivity index (χ4v) is 1.67. The van der Waals surface area contributed by atoms with Gasteiger partial charge in [0.05, 0.1) is 6.04 Å². The van der Waals surface area contributed by atoms with Gasteiger partial charge in [-0.3, -0.25) is 14.4 Å². The molecular formula is C11H13N3O3. The molecule has 2 heterocycles. The Morgan fingerprint density at radius 1 is 1.53 bits per heavy atom. The van der Waals surface area contributed by atoms with Gasteiger partial charge >= 0.3 is 0 Å². The molecular weight excluding hydrogens is 222 g/mol. The van der Waals surface area contributed by atoms with Crippen LogP contribution in [0.4, 0.5) is 0 Å². The zero-order valence-electron chi connectivity index (χ0n) is 9.40. The molecule has 0 spiro atoms. The van der Waals surface area contributed by atoms with Crippen molar-refractivity contribution in [3.63, 3.8) is 0 Å². The molecule has 1 aliphatic rings. The van der Waals surface area contributed by atoms with Gasteiger partial charge < -0.3 is 15.2 Å². The Balaban J connectivity index is 2.07. The lowest BCUT2D eigenvalue weighted by Crippen LogP contribution is -2.36. The van der Waals surface area contributed by atoms with Gasteiger partial charge in [0.15, 0.2) is 0 Å². The molecule has 0 aromatic carbocycles. The highest BCUT2D eigenvalue weighted by Gasteiger charge is 2.23. The molecule has 1 unspecified atom stereocenters. The lowest BCUT2D eigenvalue weighted by molar-refractivity contribution is -0.119. The van der Waals surface area contributed by atoms with Crippen molar-refractivity contribution in [2.75, 3.05) is 6.54 Å². The molecule has 2 rings (SSSR count). The van der Waals surface area contributed by atoms with Crippen LogP contribution in [0.5, 0.6) is 0 Å². The Morgan fingerprint density at radius 2 is 2.29 bits per heavy atom. The maximum Gasteiger partial charge on any atom is 0.251 e. The first-order valence-electron chi connectivity index (χ1n) is 5.30. The SMILES string of the molecule is Cn1ccc(C(=O)NC2CNC(=O)C2)cc1=O. The molecule has 2 N–H and O–H groups in total. The number of carbonyl (C=O) groups is 2. The number of aromatic nitrogens is 1. The van der Waals surface area contributed by atoms with Gasteiger partial charge in [-0.25, -0.2) is 0 Å². The summed E-state index contributed by atoms with van der Waals surface area (Å²) in [6.45, 7) is 0.440. The Bertz CT molecular complexity index is 521. The minimum absolute atomic E-state index is 0.0701. The lowest BCUT2D eigenvalue weighted by atomic mass is 10.2. The fraction of sp³-hybridized carbons (Fsp3) is 0.364. The van der Waals surface area contributed by atoms with Gasteiger partial charge in [-0.05, 0) is 6.07 Å². The van der Waals surface area contributed by atoms with E-state index in [1.54, 1.807) is 13.1 Å². The second-order valence-corrected chi connectivity index (χ2v) is 4.04. The van der Waals surface area contributed by atoms with Gasteiger partial charge in [-0.1, -0.05) is 0 Å². The molecule has 6 heteroatoms. The van der Waals surface area contributed by atoms with Crippen LogP contribution in [0, 0.1) is 0 Å². The third-order valence-electron chi connectivity index (χ3n) is 2.68. The molecule has 0 bridgehead atoms. The highest BCUT2D eigenvalue weighted by molar-refractivity contribution is 5.94. The molecule has 90 valence electrons. The van der Waals surface area contributed by atoms with Crippen LogP contribution in [-0.4, -0.2) is 29.0 Å². The largest absolute Gasteiger partial charge is 0.354 e. The van der Waals surface area contributed by atoms with Crippen LogP contribution in [0.3, 0.4) is 0 Å². The van der Waals surface area contributed by atoms with Gasteiger partial charge in [0.2, 0.25) is 5.91 Å². The maximum atomic E-state index is 11.8. The summed E-state index contributed by atoms with van der Waals surface area (Å²) >= 11 is 0. The molecule has 1 atom stereocenters. The molecule has 1 aliphatic heterocycles. The number of nitrogens with one attached hydrogen (secondary N) is 2. The first-order valence-corrected chi connectivity index (χ1v) is 5.30. The number of rotatable bonds is 2. The molecule has 0 saturated carbocycles. The summed E-state index contributed by atoms with van der Waals surface area (Å²) in [5.41, 5.74) is 0.0747. The van der Waals surface area contributed by atoms with E-state index in [0.29, 0.717) is 12.1 Å². The van der Waals surface area contributed by atoms with E-state index < -0.39 is 0 Å². The number of carbonyl (C=O) groups excluding carboxylic acids is 2. The van der Waals surface area contributed by atoms with E-state index in [2.05, 4.69) is 10.6 Å². The predicted molar refractivity (Wildman–Crippen MR) is 60.6 cm³/mol. The standard InChI is InChI=1S/C11H13N3O3/c1-14-3-2-7(4-10(14)16)11(17)13-8-5-9(15)12-6-8/h2-4,8H,5-6H2,1H3,(H,12,15)(H,13,17). The zero-order valence-corrected chi connectivity index (χ0v) is 9.40. The van der Waals surface area contributed by atoms with Crippen LogP contribution in [-0.2, 0) is 11.8 Å². The number of pyridine rings is 1. The number of aryl methyl sites for hydroxylation is 1. The van der Waals surface area contributed by atoms with Crippen molar-refractivity contribution in [1.29, 1.82) is 0 Å². The average Bonchev–Trinajstić information content (AvgIpc) is 2.68. The minimum atomic E-state index is -0.329. The fourth-order valence-electron chi connectivity index (χ4n) is 1.67. The van der Waals surface area contributed by atoms with Crippen molar-refractivity contribution in [3.8, 4) is 0 Å². The summed E-state index contributed by atoms with van der Waals surface area (Å²) in [4.78, 5) is 34.1. The Morgan fingerprint density at radius 3 is 2.88 bits per heavy atom. The summed E-state index contributed by atoms with van der Waals surface area (Å²) in [6.07, 6.45) is 1.83. The van der Waals surface area contributed by atoms with E-state index in [-0.39, 0.29) is 29.8 Å². The normalized spacial score (nSPS) is 18.9. The van der Waals surface area contributed by atoms with Gasteiger partial charge in [-0.2, -0.15) is 0 Å². The first-order chi connectivity index (χ1) is 8.06. The summed E-state index contributed by atoms with van der Waals surface area (Å²) in [5.74, 6) is -0.400. The van der Waals surface area contributed by atoms with Crippen molar-refractivity contribution in [1.82, 2.24) is 15.2 Å². The van der Waals surface area contributed by atoms with Crippen molar-refractivity contribution < 1.29 is 9.59 Å². The molecule has 17 heavy (non-hydrogen) atoms. The summed E-state index contributed by atoms with van der Waals surface area (Å²) < 4.78 is 1.39. The van der Waals surface area contributed by atoms with Gasteiger partial charge in [0.25, 0.3) is 11.5 Å². The van der Waals surface area contributed by atoms with Crippen LogP contribution in [0.25, 0.3) is 0 Å². The van der Waals surface area contributed by atoms with Crippen LogP contribution >= 0.6 is 0 Å². The number of hydrogen-bond donors (Lipinski definition) is 2. The van der Waals surface area contributed by atoms with Crippen molar-refractivity contribution in [2.24, 2.45) is 7.05 Å². The highest BCUT2D eigenvalue weighted by atomic mass is 16.2. The second-order valence-electron chi connectivity index (χ2n) is 4.04. The van der Waals surface area contributed by atoms with Crippen molar-refractivity contribution >= 4 is 11.8 Å². The Labute approximate surface area is 97.6 Å². The molecule has 0 radical (unpaired) electrons. The molecule has 1 aromatic rings. The minimum Gasteiger partial charge on any atom is -0.354 e. The van der Waals surface area contributed by atoms with E-state index in [1.165, 1.54) is 16.8 Å². The van der Waals surface area contributed by atoms with Gasteiger partial charge in [0.1, 0.15) is 0 Å². The molecule has 6 nitrogen and oxygen atoms in total. The quantitative estimate of drug-likeness (QED) is 0.690. The van der Waals surface area contributed by atoms with E-state index in [9.17, 15) is 14.4 Å². The number of nitrogens with zero attached hydrogens (tertiary/aromatic N) is 1. The van der Waals surface area contributed by atoms with E-state index >= 15 is 0 Å². The third-order valence-corrected chi connectivity index (χ3v) is 2.68. The summed E-state index contributed by atoms with van der Waals surface area (Å²) in [7, 11) is 1.61. The topological polar surface area (TPSA) is 80.2 Å². The maximum absolute atomic E-state index is 11.8. The number of hydrogen-bond acceptors (Lipinski definition) is 3.